The molecule has 0 unspecified atom stereocenters. The molecule has 4 heteroatoms. The molecule has 1 spiro atoms. The highest BCUT2D eigenvalue weighted by Gasteiger charge is 2.46. The topological polar surface area (TPSA) is 28.4 Å². The standard InChI is InChI=1S/C13H19FN2O/c14-12-3-5-15-9-13(12)4-6-16(10-13)8-11-2-1-7-17-11/h1-2,7,12,15H,3-6,8-10H2/t12-,13-/m0/s1. The fraction of sp³-hybridized carbons (Fsp3) is 0.692. The molecule has 2 saturated heterocycles. The zero-order valence-corrected chi connectivity index (χ0v) is 9.99. The van der Waals surface area contributed by atoms with Gasteiger partial charge in [-0.25, -0.2) is 4.39 Å². The van der Waals surface area contributed by atoms with E-state index in [0.29, 0.717) is 6.42 Å². The van der Waals surface area contributed by atoms with E-state index in [-0.39, 0.29) is 5.41 Å². The van der Waals surface area contributed by atoms with Crippen molar-refractivity contribution in [1.29, 1.82) is 0 Å². The summed E-state index contributed by atoms with van der Waals surface area (Å²) in [5.74, 6) is 0.973. The predicted molar refractivity (Wildman–Crippen MR) is 63.4 cm³/mol. The van der Waals surface area contributed by atoms with Gasteiger partial charge < -0.3 is 9.73 Å². The first-order valence-electron chi connectivity index (χ1n) is 6.38. The van der Waals surface area contributed by atoms with Crippen molar-refractivity contribution in [2.75, 3.05) is 26.2 Å². The second-order valence-electron chi connectivity index (χ2n) is 5.34. The van der Waals surface area contributed by atoms with Gasteiger partial charge in [0.1, 0.15) is 11.9 Å². The van der Waals surface area contributed by atoms with Crippen LogP contribution in [0, 0.1) is 5.41 Å². The number of hydrogen-bond donors (Lipinski definition) is 1. The molecule has 1 aromatic rings. The van der Waals surface area contributed by atoms with Gasteiger partial charge in [0.25, 0.3) is 0 Å². The van der Waals surface area contributed by atoms with Crippen LogP contribution in [0.3, 0.4) is 0 Å². The van der Waals surface area contributed by atoms with E-state index in [1.54, 1.807) is 6.26 Å². The highest BCUT2D eigenvalue weighted by Crippen LogP contribution is 2.39. The summed E-state index contributed by atoms with van der Waals surface area (Å²) in [7, 11) is 0. The third kappa shape index (κ3) is 2.11. The molecule has 2 fully saturated rings. The van der Waals surface area contributed by atoms with Crippen molar-refractivity contribution in [3.8, 4) is 0 Å². The van der Waals surface area contributed by atoms with Crippen LogP contribution in [0.25, 0.3) is 0 Å². The molecular weight excluding hydrogens is 219 g/mol. The molecular formula is C13H19FN2O. The van der Waals surface area contributed by atoms with Crippen LogP contribution in [0.5, 0.6) is 0 Å². The summed E-state index contributed by atoms with van der Waals surface area (Å²) >= 11 is 0. The minimum absolute atomic E-state index is 0.148. The Labute approximate surface area is 101 Å². The Hall–Kier alpha value is -0.870. The van der Waals surface area contributed by atoms with Crippen molar-refractivity contribution >= 4 is 0 Å². The average molecular weight is 238 g/mol. The van der Waals surface area contributed by atoms with Crippen molar-refractivity contribution in [3.05, 3.63) is 24.2 Å². The molecule has 1 aromatic heterocycles. The van der Waals surface area contributed by atoms with Gasteiger partial charge >= 0.3 is 0 Å². The Morgan fingerprint density at radius 3 is 3.29 bits per heavy atom. The lowest BCUT2D eigenvalue weighted by molar-refractivity contribution is 0.0740. The summed E-state index contributed by atoms with van der Waals surface area (Å²) in [6.45, 7) is 4.27. The Morgan fingerprint density at radius 2 is 2.53 bits per heavy atom. The molecule has 94 valence electrons. The smallest absolute Gasteiger partial charge is 0.117 e. The summed E-state index contributed by atoms with van der Waals surface area (Å²) in [4.78, 5) is 2.30. The van der Waals surface area contributed by atoms with Crippen LogP contribution in [-0.2, 0) is 6.54 Å². The Kier molecular flexibility index (Phi) is 2.92. The van der Waals surface area contributed by atoms with Gasteiger partial charge in [0.2, 0.25) is 0 Å². The number of halogens is 1. The lowest BCUT2D eigenvalue weighted by Gasteiger charge is -2.37. The molecule has 3 heterocycles. The number of nitrogens with zero attached hydrogens (tertiary/aromatic N) is 1. The number of piperidine rings is 1. The quantitative estimate of drug-likeness (QED) is 0.851. The third-order valence-corrected chi connectivity index (χ3v) is 4.14. The molecule has 2 aliphatic heterocycles. The summed E-state index contributed by atoms with van der Waals surface area (Å²) in [6.07, 6.45) is 2.67. The summed E-state index contributed by atoms with van der Waals surface area (Å²) in [5.41, 5.74) is -0.148. The molecule has 17 heavy (non-hydrogen) atoms. The lowest BCUT2D eigenvalue weighted by atomic mass is 9.78. The molecule has 3 nitrogen and oxygen atoms in total. The van der Waals surface area contributed by atoms with Crippen LogP contribution >= 0.6 is 0 Å². The van der Waals surface area contributed by atoms with Crippen molar-refractivity contribution in [1.82, 2.24) is 10.2 Å². The summed E-state index contributed by atoms with van der Waals surface area (Å²) < 4.78 is 19.5. The normalized spacial score (nSPS) is 34.5. The van der Waals surface area contributed by atoms with E-state index in [1.165, 1.54) is 0 Å². The Bertz CT molecular complexity index is 368. The zero-order valence-electron chi connectivity index (χ0n) is 9.99. The molecule has 0 saturated carbocycles. The number of rotatable bonds is 2. The highest BCUT2D eigenvalue weighted by molar-refractivity contribution is 5.03. The van der Waals surface area contributed by atoms with Crippen molar-refractivity contribution in [3.63, 3.8) is 0 Å². The number of alkyl halides is 1. The second kappa shape index (κ2) is 4.42. The SMILES string of the molecule is F[C@H]1CCNC[C@]12CCN(Cc1ccco1)C2. The van der Waals surface area contributed by atoms with E-state index < -0.39 is 6.17 Å². The van der Waals surface area contributed by atoms with Gasteiger partial charge in [-0.2, -0.15) is 0 Å². The van der Waals surface area contributed by atoms with Gasteiger partial charge in [0.15, 0.2) is 0 Å². The van der Waals surface area contributed by atoms with E-state index in [1.807, 2.05) is 12.1 Å². The molecule has 2 aliphatic rings. The van der Waals surface area contributed by atoms with E-state index >= 15 is 0 Å². The van der Waals surface area contributed by atoms with E-state index in [9.17, 15) is 4.39 Å². The van der Waals surface area contributed by atoms with Crippen LogP contribution in [0.4, 0.5) is 4.39 Å². The number of likely N-dealkylation sites (tertiary alicyclic amines) is 1. The van der Waals surface area contributed by atoms with Gasteiger partial charge in [-0.15, -0.1) is 0 Å². The predicted octanol–water partition coefficient (Wildman–Crippen LogP) is 1.80. The molecule has 1 N–H and O–H groups in total. The Morgan fingerprint density at radius 1 is 1.59 bits per heavy atom. The first kappa shape index (κ1) is 11.2. The minimum atomic E-state index is -0.648. The van der Waals surface area contributed by atoms with Crippen LogP contribution < -0.4 is 5.32 Å². The fourth-order valence-electron chi connectivity index (χ4n) is 3.13. The Balaban J connectivity index is 1.64. The van der Waals surface area contributed by atoms with Crippen LogP contribution in [0.2, 0.25) is 0 Å². The third-order valence-electron chi connectivity index (χ3n) is 4.14. The monoisotopic (exact) mass is 238 g/mol. The lowest BCUT2D eigenvalue weighted by Crippen LogP contribution is -2.49. The second-order valence-corrected chi connectivity index (χ2v) is 5.34. The number of furan rings is 1. The van der Waals surface area contributed by atoms with Crippen molar-refractivity contribution in [2.24, 2.45) is 5.41 Å². The van der Waals surface area contributed by atoms with Crippen molar-refractivity contribution < 1.29 is 8.81 Å². The number of nitrogens with one attached hydrogen (secondary N) is 1. The van der Waals surface area contributed by atoms with Gasteiger partial charge in [-0.3, -0.25) is 4.90 Å². The molecule has 0 amide bonds. The van der Waals surface area contributed by atoms with Crippen molar-refractivity contribution in [2.45, 2.75) is 25.6 Å². The average Bonchev–Trinajstić information content (AvgIpc) is 2.95. The van der Waals surface area contributed by atoms with E-state index in [2.05, 4.69) is 10.2 Å². The minimum Gasteiger partial charge on any atom is -0.468 e. The fourth-order valence-corrected chi connectivity index (χ4v) is 3.13. The van der Waals surface area contributed by atoms with Gasteiger partial charge in [0.05, 0.1) is 12.8 Å². The first-order valence-corrected chi connectivity index (χ1v) is 6.38. The number of hydrogen-bond acceptors (Lipinski definition) is 3. The van der Waals surface area contributed by atoms with Crippen LogP contribution in [-0.4, -0.2) is 37.3 Å². The first-order chi connectivity index (χ1) is 8.28. The highest BCUT2D eigenvalue weighted by atomic mass is 19.1. The maximum Gasteiger partial charge on any atom is 0.117 e. The van der Waals surface area contributed by atoms with Gasteiger partial charge in [-0.05, 0) is 38.1 Å². The summed E-state index contributed by atoms with van der Waals surface area (Å²) in [5, 5.41) is 3.34. The molecule has 0 aliphatic carbocycles. The largest absolute Gasteiger partial charge is 0.468 e. The van der Waals surface area contributed by atoms with E-state index in [4.69, 9.17) is 4.42 Å². The molecule has 3 rings (SSSR count). The van der Waals surface area contributed by atoms with Gasteiger partial charge in [-0.1, -0.05) is 0 Å². The van der Waals surface area contributed by atoms with E-state index in [0.717, 1.165) is 44.9 Å². The maximum atomic E-state index is 14.1. The molecule has 0 bridgehead atoms. The maximum absolute atomic E-state index is 14.1. The zero-order chi connectivity index (χ0) is 11.7. The molecule has 2 atom stereocenters. The molecule has 0 radical (unpaired) electrons. The summed E-state index contributed by atoms with van der Waals surface area (Å²) in [6, 6.07) is 3.89. The molecule has 0 aromatic carbocycles. The van der Waals surface area contributed by atoms with Crippen LogP contribution in [0.15, 0.2) is 22.8 Å². The van der Waals surface area contributed by atoms with Gasteiger partial charge in [0, 0.05) is 18.5 Å². The van der Waals surface area contributed by atoms with Crippen LogP contribution in [0.1, 0.15) is 18.6 Å².